The van der Waals surface area contributed by atoms with E-state index in [4.69, 9.17) is 4.43 Å². The molecule has 0 spiro atoms. The third kappa shape index (κ3) is 30.3. The maximum absolute atomic E-state index is 5.64. The van der Waals surface area contributed by atoms with Gasteiger partial charge in [0.05, 0.1) is 0 Å². The summed E-state index contributed by atoms with van der Waals surface area (Å²) in [4.78, 5) is 0. The van der Waals surface area contributed by atoms with Crippen LogP contribution >= 0.6 is 0 Å². The first-order chi connectivity index (χ1) is 17.1. The van der Waals surface area contributed by atoms with Gasteiger partial charge in [-0.05, 0) is 19.1 Å². The topological polar surface area (TPSA) is 9.23 Å². The lowest BCUT2D eigenvalue weighted by Gasteiger charge is -2.19. The minimum atomic E-state index is -1.30. The first-order valence-electron chi connectivity index (χ1n) is 16.7. The molecule has 0 rings (SSSR count). The molecule has 0 radical (unpaired) electrons. The van der Waals surface area contributed by atoms with E-state index in [1.807, 2.05) is 7.11 Å². The Morgan fingerprint density at radius 3 is 0.743 bits per heavy atom. The van der Waals surface area contributed by atoms with Gasteiger partial charge in [-0.1, -0.05) is 187 Å². The van der Waals surface area contributed by atoms with Gasteiger partial charge in [-0.15, -0.1) is 0 Å². The Bertz CT molecular complexity index is 381. The highest BCUT2D eigenvalue weighted by Gasteiger charge is 2.19. The van der Waals surface area contributed by atoms with Crippen LogP contribution in [0.1, 0.15) is 187 Å². The van der Waals surface area contributed by atoms with Crippen LogP contribution in [0, 0.1) is 0 Å². The quantitative estimate of drug-likeness (QED) is 0.0689. The molecule has 2 heteroatoms. The average molecular weight is 511 g/mol. The maximum Gasteiger partial charge on any atom is 0.186 e. The lowest BCUT2D eigenvalue weighted by atomic mass is 10.0. The summed E-state index contributed by atoms with van der Waals surface area (Å²) in [7, 11) is 0.597. The molecular formula is C33H70OSi. The Morgan fingerprint density at radius 2 is 0.543 bits per heavy atom. The lowest BCUT2D eigenvalue weighted by Crippen LogP contribution is -2.27. The fraction of sp³-hybridized carbons (Fsp3) is 1.00. The van der Waals surface area contributed by atoms with Crippen molar-refractivity contribution in [3.8, 4) is 0 Å². The number of hydrogen-bond acceptors (Lipinski definition) is 1. The van der Waals surface area contributed by atoms with Crippen LogP contribution in [-0.2, 0) is 4.43 Å². The van der Waals surface area contributed by atoms with Crippen molar-refractivity contribution in [3.63, 3.8) is 0 Å². The summed E-state index contributed by atoms with van der Waals surface area (Å²) in [6.07, 6.45) is 41.1. The molecule has 212 valence electrons. The van der Waals surface area contributed by atoms with Gasteiger partial charge in [0.15, 0.2) is 8.32 Å². The molecule has 0 bridgehead atoms. The van der Waals surface area contributed by atoms with Crippen LogP contribution in [0.5, 0.6) is 0 Å². The van der Waals surface area contributed by atoms with Gasteiger partial charge in [-0.25, -0.2) is 0 Å². The average Bonchev–Trinajstić information content (AvgIpc) is 2.85. The smallest absolute Gasteiger partial charge is 0.186 e. The molecule has 0 saturated heterocycles. The molecule has 0 unspecified atom stereocenters. The molecule has 0 N–H and O–H groups in total. The molecule has 0 atom stereocenters. The number of hydrogen-bond donors (Lipinski definition) is 0. The fourth-order valence-electron chi connectivity index (χ4n) is 5.32. The summed E-state index contributed by atoms with van der Waals surface area (Å²) < 4.78 is 5.64. The molecule has 0 aromatic heterocycles. The predicted octanol–water partition coefficient (Wildman–Crippen LogP) is 12.8. The van der Waals surface area contributed by atoms with Gasteiger partial charge in [0.25, 0.3) is 0 Å². The second kappa shape index (κ2) is 28.7. The molecule has 35 heavy (non-hydrogen) atoms. The van der Waals surface area contributed by atoms with E-state index in [1.54, 1.807) is 0 Å². The van der Waals surface area contributed by atoms with E-state index in [2.05, 4.69) is 20.0 Å². The van der Waals surface area contributed by atoms with Crippen LogP contribution in [0.2, 0.25) is 19.1 Å². The van der Waals surface area contributed by atoms with Crippen LogP contribution in [0.15, 0.2) is 0 Å². The number of rotatable bonds is 30. The zero-order chi connectivity index (χ0) is 25.7. The second-order valence-electron chi connectivity index (χ2n) is 12.3. The molecule has 0 aromatic carbocycles. The third-order valence-electron chi connectivity index (χ3n) is 8.18. The Kier molecular flexibility index (Phi) is 28.9. The molecule has 0 aliphatic rings. The van der Waals surface area contributed by atoms with E-state index < -0.39 is 8.32 Å². The van der Waals surface area contributed by atoms with Crippen molar-refractivity contribution in [1.82, 2.24) is 0 Å². The molecule has 0 aliphatic carbocycles. The summed E-state index contributed by atoms with van der Waals surface area (Å²) in [5, 5.41) is 0. The molecular weight excluding hydrogens is 440 g/mol. The van der Waals surface area contributed by atoms with Crippen molar-refractivity contribution >= 4 is 8.32 Å². The van der Waals surface area contributed by atoms with E-state index in [9.17, 15) is 0 Å². The van der Waals surface area contributed by atoms with Crippen molar-refractivity contribution in [3.05, 3.63) is 0 Å². The van der Waals surface area contributed by atoms with Gasteiger partial charge in [0, 0.05) is 7.11 Å². The molecule has 1 nitrogen and oxygen atoms in total. The van der Waals surface area contributed by atoms with Crippen molar-refractivity contribution in [1.29, 1.82) is 0 Å². The Morgan fingerprint density at radius 1 is 0.343 bits per heavy atom. The highest BCUT2D eigenvalue weighted by Crippen LogP contribution is 2.18. The lowest BCUT2D eigenvalue weighted by molar-refractivity contribution is 0.400. The summed E-state index contributed by atoms with van der Waals surface area (Å²) in [6, 6.07) is 1.34. The molecule has 0 amide bonds. The Hall–Kier alpha value is 0.177. The molecule has 0 aliphatic heterocycles. The molecule has 0 saturated carbocycles. The normalized spacial score (nSPS) is 12.0. The van der Waals surface area contributed by atoms with Crippen molar-refractivity contribution in [2.75, 3.05) is 7.11 Å². The van der Waals surface area contributed by atoms with E-state index in [0.29, 0.717) is 0 Å². The molecule has 0 aromatic rings. The zero-order valence-corrected chi connectivity index (χ0v) is 26.4. The SMILES string of the molecule is CCCCCCCCCCCCCCCCCCCCCCCCCCCCCC[Si](C)(C)OC. The van der Waals surface area contributed by atoms with Gasteiger partial charge < -0.3 is 4.43 Å². The van der Waals surface area contributed by atoms with Crippen LogP contribution < -0.4 is 0 Å². The van der Waals surface area contributed by atoms with Gasteiger partial charge in [0.2, 0.25) is 0 Å². The minimum Gasteiger partial charge on any atom is -0.420 e. The van der Waals surface area contributed by atoms with Gasteiger partial charge >= 0.3 is 0 Å². The van der Waals surface area contributed by atoms with Crippen molar-refractivity contribution in [2.24, 2.45) is 0 Å². The highest BCUT2D eigenvalue weighted by atomic mass is 28.4. The van der Waals surface area contributed by atoms with E-state index in [1.165, 1.54) is 186 Å². The first-order valence-corrected chi connectivity index (χ1v) is 19.8. The van der Waals surface area contributed by atoms with Crippen LogP contribution in [-0.4, -0.2) is 15.4 Å². The zero-order valence-electron chi connectivity index (χ0n) is 25.4. The van der Waals surface area contributed by atoms with E-state index in [-0.39, 0.29) is 0 Å². The van der Waals surface area contributed by atoms with E-state index >= 15 is 0 Å². The molecule has 0 fully saturated rings. The van der Waals surface area contributed by atoms with Crippen LogP contribution in [0.4, 0.5) is 0 Å². The summed E-state index contributed by atoms with van der Waals surface area (Å²) in [5.41, 5.74) is 0. The standard InChI is InChI=1S/C33H70OSi/c1-5-6-7-8-9-10-11-12-13-14-15-16-17-18-19-20-21-22-23-24-25-26-27-28-29-30-31-32-33-35(3,4)34-2/h5-33H2,1-4H3. The Labute approximate surface area is 225 Å². The summed E-state index contributed by atoms with van der Waals surface area (Å²) >= 11 is 0. The van der Waals surface area contributed by atoms with Crippen LogP contribution in [0.25, 0.3) is 0 Å². The van der Waals surface area contributed by atoms with Gasteiger partial charge in [-0.2, -0.15) is 0 Å². The predicted molar refractivity (Wildman–Crippen MR) is 164 cm³/mol. The Balaban J connectivity index is 3.05. The highest BCUT2D eigenvalue weighted by molar-refractivity contribution is 6.71. The van der Waals surface area contributed by atoms with Crippen molar-refractivity contribution < 1.29 is 4.43 Å². The summed E-state index contributed by atoms with van der Waals surface area (Å²) in [5.74, 6) is 0. The minimum absolute atomic E-state index is 1.30. The van der Waals surface area contributed by atoms with Gasteiger partial charge in [0.1, 0.15) is 0 Å². The van der Waals surface area contributed by atoms with Crippen molar-refractivity contribution in [2.45, 2.75) is 206 Å². The number of unbranched alkanes of at least 4 members (excludes halogenated alkanes) is 27. The van der Waals surface area contributed by atoms with Gasteiger partial charge in [-0.3, -0.25) is 0 Å². The monoisotopic (exact) mass is 511 g/mol. The second-order valence-corrected chi connectivity index (χ2v) is 16.7. The fourth-order valence-corrected chi connectivity index (χ4v) is 6.63. The van der Waals surface area contributed by atoms with E-state index in [0.717, 1.165) is 0 Å². The molecule has 0 heterocycles. The maximum atomic E-state index is 5.64. The first kappa shape index (κ1) is 35.2. The van der Waals surface area contributed by atoms with Crippen LogP contribution in [0.3, 0.4) is 0 Å². The largest absolute Gasteiger partial charge is 0.420 e. The third-order valence-corrected chi connectivity index (χ3v) is 10.8. The summed E-state index contributed by atoms with van der Waals surface area (Å²) in [6.45, 7) is 6.99.